The number of nitrogens with one attached hydrogen (secondary N) is 1. The Kier molecular flexibility index (Phi) is 4.26. The second-order valence-corrected chi connectivity index (χ2v) is 8.93. The largest absolute Gasteiger partial charge is 0.347 e. The van der Waals surface area contributed by atoms with E-state index in [9.17, 15) is 13.2 Å². The van der Waals surface area contributed by atoms with Crippen LogP contribution in [0.5, 0.6) is 0 Å². The summed E-state index contributed by atoms with van der Waals surface area (Å²) in [6, 6.07) is 5.12. The molecule has 0 spiro atoms. The number of anilines is 1. The summed E-state index contributed by atoms with van der Waals surface area (Å²) in [6.07, 6.45) is 0.630. The molecule has 1 amide bonds. The van der Waals surface area contributed by atoms with Gasteiger partial charge in [-0.05, 0) is 64.8 Å². The summed E-state index contributed by atoms with van der Waals surface area (Å²) in [6.45, 7) is 9.31. The smallest absolute Gasteiger partial charge is 0.251 e. The van der Waals surface area contributed by atoms with Crippen molar-refractivity contribution < 1.29 is 13.2 Å². The molecule has 0 aliphatic carbocycles. The molecule has 0 bridgehead atoms. The Balaban J connectivity index is 2.35. The van der Waals surface area contributed by atoms with Gasteiger partial charge in [-0.15, -0.1) is 0 Å². The van der Waals surface area contributed by atoms with Crippen molar-refractivity contribution in [1.82, 2.24) is 5.32 Å². The first-order valence-corrected chi connectivity index (χ1v) is 9.13. The molecule has 0 radical (unpaired) electrons. The van der Waals surface area contributed by atoms with Gasteiger partial charge < -0.3 is 5.32 Å². The van der Waals surface area contributed by atoms with Crippen LogP contribution in [0.3, 0.4) is 0 Å². The fourth-order valence-electron chi connectivity index (χ4n) is 2.72. The maximum absolute atomic E-state index is 12.2. The highest BCUT2D eigenvalue weighted by molar-refractivity contribution is 7.92. The van der Waals surface area contributed by atoms with Gasteiger partial charge in [-0.1, -0.05) is 0 Å². The first-order valence-electron chi connectivity index (χ1n) is 7.52. The Bertz CT molecular complexity index is 690. The number of nitrogens with zero attached hydrogens (tertiary/aromatic N) is 1. The molecule has 2 rings (SSSR count). The molecule has 0 saturated carbocycles. The minimum absolute atomic E-state index is 0.0725. The Hall–Kier alpha value is -1.56. The lowest BCUT2D eigenvalue weighted by Gasteiger charge is -2.24. The molecule has 1 N–H and O–H groups in total. The summed E-state index contributed by atoms with van der Waals surface area (Å²) < 4.78 is 25.9. The molecule has 1 heterocycles. The van der Waals surface area contributed by atoms with Gasteiger partial charge >= 0.3 is 0 Å². The van der Waals surface area contributed by atoms with Crippen molar-refractivity contribution in [2.24, 2.45) is 0 Å². The standard InChI is InChI=1S/C16H24N2O3S/c1-6-22(20,21)18-11(2)9-13-10-12(7-8-14(13)18)15(19)17-16(3,4)5/h7-8,10-11H,6,9H2,1-5H3,(H,17,19)/t11-/m0/s1. The summed E-state index contributed by atoms with van der Waals surface area (Å²) >= 11 is 0. The van der Waals surface area contributed by atoms with Crippen molar-refractivity contribution in [2.75, 3.05) is 10.1 Å². The average Bonchev–Trinajstić information content (AvgIpc) is 2.72. The van der Waals surface area contributed by atoms with Crippen molar-refractivity contribution in [1.29, 1.82) is 0 Å². The third-order valence-electron chi connectivity index (χ3n) is 3.65. The second kappa shape index (κ2) is 5.57. The number of sulfonamides is 1. The van der Waals surface area contributed by atoms with Crippen LogP contribution >= 0.6 is 0 Å². The van der Waals surface area contributed by atoms with Crippen LogP contribution in [0.1, 0.15) is 50.5 Å². The third-order valence-corrected chi connectivity index (χ3v) is 5.53. The van der Waals surface area contributed by atoms with Crippen LogP contribution in [-0.2, 0) is 16.4 Å². The van der Waals surface area contributed by atoms with Crippen molar-refractivity contribution in [2.45, 2.75) is 52.6 Å². The highest BCUT2D eigenvalue weighted by atomic mass is 32.2. The first kappa shape index (κ1) is 16.8. The minimum Gasteiger partial charge on any atom is -0.347 e. The summed E-state index contributed by atoms with van der Waals surface area (Å²) in [5.41, 5.74) is 1.87. The number of carbonyl (C=O) groups excluding carboxylic acids is 1. The molecule has 1 atom stereocenters. The zero-order chi connectivity index (χ0) is 16.7. The van der Waals surface area contributed by atoms with E-state index in [1.54, 1.807) is 25.1 Å². The highest BCUT2D eigenvalue weighted by Gasteiger charge is 2.34. The van der Waals surface area contributed by atoms with Crippen LogP contribution in [0, 0.1) is 0 Å². The van der Waals surface area contributed by atoms with E-state index in [0.717, 1.165) is 5.56 Å². The van der Waals surface area contributed by atoms with Gasteiger partial charge in [0, 0.05) is 17.1 Å². The lowest BCUT2D eigenvalue weighted by molar-refractivity contribution is 0.0919. The van der Waals surface area contributed by atoms with Crippen LogP contribution in [0.4, 0.5) is 5.69 Å². The monoisotopic (exact) mass is 324 g/mol. The molecule has 1 aliphatic rings. The number of hydrogen-bond donors (Lipinski definition) is 1. The van der Waals surface area contributed by atoms with Crippen LogP contribution in [0.25, 0.3) is 0 Å². The topological polar surface area (TPSA) is 66.5 Å². The lowest BCUT2D eigenvalue weighted by Crippen LogP contribution is -2.40. The zero-order valence-corrected chi connectivity index (χ0v) is 14.6. The van der Waals surface area contributed by atoms with Gasteiger partial charge in [0.25, 0.3) is 5.91 Å². The van der Waals surface area contributed by atoms with Crippen LogP contribution in [-0.4, -0.2) is 31.7 Å². The molecule has 5 nitrogen and oxygen atoms in total. The van der Waals surface area contributed by atoms with Crippen LogP contribution < -0.4 is 9.62 Å². The van der Waals surface area contributed by atoms with E-state index < -0.39 is 10.0 Å². The molecule has 22 heavy (non-hydrogen) atoms. The Labute approximate surface area is 132 Å². The number of hydrogen-bond acceptors (Lipinski definition) is 3. The van der Waals surface area contributed by atoms with Gasteiger partial charge in [-0.25, -0.2) is 8.42 Å². The highest BCUT2D eigenvalue weighted by Crippen LogP contribution is 2.35. The Morgan fingerprint density at radius 3 is 2.55 bits per heavy atom. The number of fused-ring (bicyclic) bond motifs is 1. The van der Waals surface area contributed by atoms with Crippen molar-refractivity contribution in [3.63, 3.8) is 0 Å². The Morgan fingerprint density at radius 2 is 2.00 bits per heavy atom. The molecule has 0 aromatic heterocycles. The molecule has 1 aromatic carbocycles. The normalized spacial score (nSPS) is 18.2. The van der Waals surface area contributed by atoms with Crippen LogP contribution in [0.2, 0.25) is 0 Å². The maximum atomic E-state index is 12.2. The Morgan fingerprint density at radius 1 is 1.36 bits per heavy atom. The van der Waals surface area contributed by atoms with Gasteiger partial charge in [0.05, 0.1) is 11.4 Å². The third kappa shape index (κ3) is 3.27. The molecule has 0 saturated heterocycles. The summed E-state index contributed by atoms with van der Waals surface area (Å²) in [7, 11) is -3.29. The predicted molar refractivity (Wildman–Crippen MR) is 88.8 cm³/mol. The molecule has 1 aromatic rings. The lowest BCUT2D eigenvalue weighted by atomic mass is 10.0. The molecule has 1 aliphatic heterocycles. The molecule has 0 unspecified atom stereocenters. The van der Waals surface area contributed by atoms with E-state index in [-0.39, 0.29) is 23.2 Å². The number of carbonyl (C=O) groups is 1. The van der Waals surface area contributed by atoms with Crippen molar-refractivity contribution in [3.05, 3.63) is 29.3 Å². The number of rotatable bonds is 3. The minimum atomic E-state index is -3.29. The van der Waals surface area contributed by atoms with E-state index in [1.807, 2.05) is 27.7 Å². The fourth-order valence-corrected chi connectivity index (χ4v) is 4.10. The van der Waals surface area contributed by atoms with E-state index in [1.165, 1.54) is 4.31 Å². The predicted octanol–water partition coefficient (Wildman–Crippen LogP) is 2.32. The van der Waals surface area contributed by atoms with E-state index in [4.69, 9.17) is 0 Å². The van der Waals surface area contributed by atoms with Crippen molar-refractivity contribution in [3.8, 4) is 0 Å². The zero-order valence-electron chi connectivity index (χ0n) is 13.8. The molecule has 122 valence electrons. The summed E-state index contributed by atoms with van der Waals surface area (Å²) in [5.74, 6) is -0.0667. The molecule has 0 fully saturated rings. The SMILES string of the molecule is CCS(=O)(=O)N1c2ccc(C(=O)NC(C)(C)C)cc2C[C@@H]1C. The van der Waals surface area contributed by atoms with E-state index in [0.29, 0.717) is 17.7 Å². The van der Waals surface area contributed by atoms with Gasteiger partial charge in [0.2, 0.25) is 10.0 Å². The number of benzene rings is 1. The summed E-state index contributed by atoms with van der Waals surface area (Å²) in [4.78, 5) is 12.2. The van der Waals surface area contributed by atoms with Gasteiger partial charge in [-0.2, -0.15) is 0 Å². The molecular weight excluding hydrogens is 300 g/mol. The van der Waals surface area contributed by atoms with Gasteiger partial charge in [0.15, 0.2) is 0 Å². The maximum Gasteiger partial charge on any atom is 0.251 e. The molecule has 6 heteroatoms. The fraction of sp³-hybridized carbons (Fsp3) is 0.562. The van der Waals surface area contributed by atoms with Gasteiger partial charge in [0.1, 0.15) is 0 Å². The van der Waals surface area contributed by atoms with E-state index >= 15 is 0 Å². The number of amides is 1. The quantitative estimate of drug-likeness (QED) is 0.928. The van der Waals surface area contributed by atoms with Crippen LogP contribution in [0.15, 0.2) is 18.2 Å². The first-order chi connectivity index (χ1) is 10.0. The second-order valence-electron chi connectivity index (χ2n) is 6.80. The molecular formula is C16H24N2O3S. The summed E-state index contributed by atoms with van der Waals surface area (Å²) in [5, 5.41) is 2.92. The van der Waals surface area contributed by atoms with Crippen molar-refractivity contribution >= 4 is 21.6 Å². The van der Waals surface area contributed by atoms with E-state index in [2.05, 4.69) is 5.32 Å². The average molecular weight is 324 g/mol. The van der Waals surface area contributed by atoms with Gasteiger partial charge in [-0.3, -0.25) is 9.10 Å².